The van der Waals surface area contributed by atoms with Crippen molar-refractivity contribution >= 4 is 46.8 Å². The molecule has 2 aromatic carbocycles. The van der Waals surface area contributed by atoms with E-state index >= 15 is 0 Å². The molecule has 40 heavy (non-hydrogen) atoms. The highest BCUT2D eigenvalue weighted by atomic mass is 35.5. The van der Waals surface area contributed by atoms with Gasteiger partial charge in [-0.15, -0.1) is 5.10 Å². The zero-order chi connectivity index (χ0) is 28.6. The Morgan fingerprint density at radius 3 is 2.70 bits per heavy atom. The number of hydrogen-bond donors (Lipinski definition) is 5. The van der Waals surface area contributed by atoms with E-state index in [1.54, 1.807) is 25.1 Å². The number of hydrogen-bond acceptors (Lipinski definition) is 7. The highest BCUT2D eigenvalue weighted by molar-refractivity contribution is 6.30. The standard InChI is InChI=1S/C26H29ClN8O5/c1-15-4-2-3-5-20(31-24(37)19-8-7-18(30-26(39)40)13-21(19)32-23(15)36)25(38)28-11-10-16-12-17(27)6-9-22(16)35-14-29-33-34-35/h6-9,12-15,20,30H,2-5,10-11H2,1H3,(H,28,38)(H,31,37)(H,32,36)(H,39,40). The van der Waals surface area contributed by atoms with Crippen LogP contribution in [0.3, 0.4) is 0 Å². The molecule has 0 radical (unpaired) electrons. The Bertz CT molecular complexity index is 1400. The van der Waals surface area contributed by atoms with Crippen molar-refractivity contribution in [1.29, 1.82) is 0 Å². The number of benzene rings is 2. The van der Waals surface area contributed by atoms with Crippen molar-refractivity contribution in [3.05, 3.63) is 58.9 Å². The van der Waals surface area contributed by atoms with E-state index in [1.165, 1.54) is 29.2 Å². The summed E-state index contributed by atoms with van der Waals surface area (Å²) in [6, 6.07) is 8.67. The highest BCUT2D eigenvalue weighted by Gasteiger charge is 2.25. The number of amides is 4. The number of tetrazole rings is 1. The number of carboxylic acid groups (broad SMARTS) is 1. The van der Waals surface area contributed by atoms with Gasteiger partial charge in [-0.3, -0.25) is 19.7 Å². The fourth-order valence-electron chi connectivity index (χ4n) is 4.43. The van der Waals surface area contributed by atoms with E-state index in [9.17, 15) is 19.2 Å². The Balaban J connectivity index is 1.49. The summed E-state index contributed by atoms with van der Waals surface area (Å²) in [4.78, 5) is 50.2. The molecule has 2 atom stereocenters. The third kappa shape index (κ3) is 7.32. The predicted molar refractivity (Wildman–Crippen MR) is 146 cm³/mol. The molecule has 13 nitrogen and oxygen atoms in total. The average molecular weight is 569 g/mol. The minimum atomic E-state index is -1.28. The largest absolute Gasteiger partial charge is 0.465 e. The van der Waals surface area contributed by atoms with Gasteiger partial charge in [-0.25, -0.2) is 9.48 Å². The number of carbonyl (C=O) groups excluding carboxylic acids is 3. The first-order valence-electron chi connectivity index (χ1n) is 12.8. The first kappa shape index (κ1) is 28.5. The lowest BCUT2D eigenvalue weighted by Gasteiger charge is -2.22. The number of carbonyl (C=O) groups is 4. The number of anilines is 2. The predicted octanol–water partition coefficient (Wildman–Crippen LogP) is 3.01. The molecular weight excluding hydrogens is 540 g/mol. The van der Waals surface area contributed by atoms with Crippen molar-refractivity contribution in [3.8, 4) is 5.69 Å². The number of rotatable bonds is 6. The van der Waals surface area contributed by atoms with Crippen LogP contribution < -0.4 is 21.3 Å². The van der Waals surface area contributed by atoms with Gasteiger partial charge >= 0.3 is 6.09 Å². The molecular formula is C26H29ClN8O5. The zero-order valence-corrected chi connectivity index (χ0v) is 22.4. The summed E-state index contributed by atoms with van der Waals surface area (Å²) >= 11 is 6.18. The first-order chi connectivity index (χ1) is 19.2. The number of aromatic nitrogens is 4. The van der Waals surface area contributed by atoms with Gasteiger partial charge in [0.15, 0.2) is 0 Å². The van der Waals surface area contributed by atoms with Crippen LogP contribution in [0.5, 0.6) is 0 Å². The van der Waals surface area contributed by atoms with Crippen LogP contribution in [0.15, 0.2) is 42.7 Å². The summed E-state index contributed by atoms with van der Waals surface area (Å²) in [5.41, 5.74) is 2.01. The van der Waals surface area contributed by atoms with E-state index < -0.39 is 18.0 Å². The van der Waals surface area contributed by atoms with Crippen LogP contribution in [0.4, 0.5) is 16.2 Å². The van der Waals surface area contributed by atoms with Gasteiger partial charge in [-0.05, 0) is 71.7 Å². The topological polar surface area (TPSA) is 180 Å². The number of halogens is 1. The fraction of sp³-hybridized carbons (Fsp3) is 0.346. The van der Waals surface area contributed by atoms with E-state index in [1.807, 2.05) is 0 Å². The molecule has 5 N–H and O–H groups in total. The molecule has 210 valence electrons. The molecule has 2 heterocycles. The summed E-state index contributed by atoms with van der Waals surface area (Å²) in [5.74, 6) is -1.54. The van der Waals surface area contributed by atoms with E-state index in [-0.39, 0.29) is 41.2 Å². The summed E-state index contributed by atoms with van der Waals surface area (Å²) in [7, 11) is 0. The van der Waals surface area contributed by atoms with Crippen LogP contribution in [0, 0.1) is 5.92 Å². The van der Waals surface area contributed by atoms with Crippen LogP contribution in [0.2, 0.25) is 5.02 Å². The number of nitrogens with one attached hydrogen (secondary N) is 4. The lowest BCUT2D eigenvalue weighted by molar-refractivity contribution is -0.123. The molecule has 3 aromatic rings. The molecule has 1 aliphatic rings. The Labute approximate surface area is 234 Å². The smallest absolute Gasteiger partial charge is 0.409 e. The molecule has 4 rings (SSSR count). The lowest BCUT2D eigenvalue weighted by atomic mass is 9.98. The molecule has 14 heteroatoms. The minimum Gasteiger partial charge on any atom is -0.465 e. The van der Waals surface area contributed by atoms with Crippen LogP contribution in [0.25, 0.3) is 5.69 Å². The molecule has 0 spiro atoms. The second kappa shape index (κ2) is 13.0. The van der Waals surface area contributed by atoms with Crippen LogP contribution in [-0.4, -0.2) is 61.7 Å². The van der Waals surface area contributed by atoms with Gasteiger partial charge in [0.2, 0.25) is 11.8 Å². The van der Waals surface area contributed by atoms with E-state index in [0.29, 0.717) is 37.1 Å². The first-order valence-corrected chi connectivity index (χ1v) is 13.1. The van der Waals surface area contributed by atoms with Gasteiger partial charge < -0.3 is 21.1 Å². The van der Waals surface area contributed by atoms with E-state index in [4.69, 9.17) is 16.7 Å². The second-order valence-electron chi connectivity index (χ2n) is 9.46. The molecule has 0 aliphatic carbocycles. The summed E-state index contributed by atoms with van der Waals surface area (Å²) in [5, 5.41) is 31.4. The normalized spacial score (nSPS) is 17.9. The van der Waals surface area contributed by atoms with E-state index in [0.717, 1.165) is 11.3 Å². The minimum absolute atomic E-state index is 0.111. The molecule has 0 saturated heterocycles. The quantitative estimate of drug-likeness (QED) is 0.301. The fourth-order valence-corrected chi connectivity index (χ4v) is 4.63. The molecule has 1 aliphatic heterocycles. The monoisotopic (exact) mass is 568 g/mol. The number of nitrogens with zero attached hydrogens (tertiary/aromatic N) is 4. The van der Waals surface area contributed by atoms with Crippen molar-refractivity contribution in [3.63, 3.8) is 0 Å². The zero-order valence-electron chi connectivity index (χ0n) is 21.7. The van der Waals surface area contributed by atoms with Crippen molar-refractivity contribution in [2.75, 3.05) is 17.2 Å². The molecule has 0 bridgehead atoms. The van der Waals surface area contributed by atoms with Crippen molar-refractivity contribution < 1.29 is 24.3 Å². The van der Waals surface area contributed by atoms with Gasteiger partial charge in [0.25, 0.3) is 5.91 Å². The van der Waals surface area contributed by atoms with Gasteiger partial charge in [0.05, 0.1) is 16.9 Å². The Hall–Kier alpha value is -4.52. The maximum Gasteiger partial charge on any atom is 0.409 e. The third-order valence-electron chi connectivity index (χ3n) is 6.55. The molecule has 0 saturated carbocycles. The van der Waals surface area contributed by atoms with Crippen LogP contribution >= 0.6 is 11.6 Å². The second-order valence-corrected chi connectivity index (χ2v) is 9.90. The van der Waals surface area contributed by atoms with Crippen LogP contribution in [-0.2, 0) is 16.0 Å². The number of fused-ring (bicyclic) bond motifs is 1. The van der Waals surface area contributed by atoms with Crippen molar-refractivity contribution in [2.24, 2.45) is 5.92 Å². The van der Waals surface area contributed by atoms with Gasteiger partial charge in [0, 0.05) is 23.2 Å². The summed E-state index contributed by atoms with van der Waals surface area (Å²) in [6.45, 7) is 2.05. The van der Waals surface area contributed by atoms with Crippen molar-refractivity contribution in [1.82, 2.24) is 30.8 Å². The Morgan fingerprint density at radius 2 is 1.95 bits per heavy atom. The van der Waals surface area contributed by atoms with E-state index in [2.05, 4.69) is 36.8 Å². The molecule has 1 aromatic heterocycles. The van der Waals surface area contributed by atoms with Gasteiger partial charge in [-0.1, -0.05) is 31.4 Å². The summed E-state index contributed by atoms with van der Waals surface area (Å²) in [6.07, 6.45) is 2.90. The maximum atomic E-state index is 13.3. The summed E-state index contributed by atoms with van der Waals surface area (Å²) < 4.78 is 1.51. The lowest BCUT2D eigenvalue weighted by Crippen LogP contribution is -2.47. The Morgan fingerprint density at radius 1 is 1.15 bits per heavy atom. The maximum absolute atomic E-state index is 13.3. The van der Waals surface area contributed by atoms with Gasteiger partial charge in [-0.2, -0.15) is 0 Å². The van der Waals surface area contributed by atoms with Gasteiger partial charge in [0.1, 0.15) is 12.4 Å². The molecule has 2 unspecified atom stereocenters. The molecule has 4 amide bonds. The van der Waals surface area contributed by atoms with Crippen LogP contribution in [0.1, 0.15) is 48.5 Å². The average Bonchev–Trinajstić information content (AvgIpc) is 3.44. The highest BCUT2D eigenvalue weighted by Crippen LogP contribution is 2.24. The van der Waals surface area contributed by atoms with Crippen molar-refractivity contribution in [2.45, 2.75) is 45.1 Å². The SMILES string of the molecule is CC1CCCCC(C(=O)NCCc2cc(Cl)ccc2-n2cnnn2)NC(=O)c2ccc(NC(=O)O)cc2NC1=O. The molecule has 0 fully saturated rings. The third-order valence-corrected chi connectivity index (χ3v) is 6.79. The Kier molecular flexibility index (Phi) is 9.27.